The SMILES string of the molecule is CCCCN1CCc2cc3c(cc2[C@@H]2[C@H](OC(=O)[C@@](O)(CCCC(C)(C)O)CC(=O)OC)C(=O)C[C@@H]21)OCO3. The molecule has 0 bridgehead atoms. The smallest absolute Gasteiger partial charge is 0.339 e. The quantitative estimate of drug-likeness (QED) is 0.399. The van der Waals surface area contributed by atoms with Crippen molar-refractivity contribution < 1.29 is 43.5 Å². The van der Waals surface area contributed by atoms with E-state index in [9.17, 15) is 24.6 Å². The van der Waals surface area contributed by atoms with Crippen LogP contribution < -0.4 is 9.47 Å². The number of nitrogens with zero attached hydrogens (tertiary/aromatic N) is 1. The highest BCUT2D eigenvalue weighted by atomic mass is 16.7. The Bertz CT molecular complexity index is 1080. The van der Waals surface area contributed by atoms with Crippen LogP contribution in [0.4, 0.5) is 0 Å². The molecule has 0 amide bonds. The Labute approximate surface area is 229 Å². The molecule has 0 spiro atoms. The van der Waals surface area contributed by atoms with Gasteiger partial charge >= 0.3 is 11.9 Å². The van der Waals surface area contributed by atoms with E-state index in [1.54, 1.807) is 13.8 Å². The van der Waals surface area contributed by atoms with E-state index in [0.29, 0.717) is 17.9 Å². The molecule has 4 atom stereocenters. The Balaban J connectivity index is 1.64. The van der Waals surface area contributed by atoms with Crippen molar-refractivity contribution >= 4 is 17.7 Å². The Morgan fingerprint density at radius 1 is 1.13 bits per heavy atom. The molecule has 0 radical (unpaired) electrons. The molecule has 1 saturated carbocycles. The number of rotatable bonds is 11. The van der Waals surface area contributed by atoms with Crippen molar-refractivity contribution in [1.82, 2.24) is 4.90 Å². The largest absolute Gasteiger partial charge is 0.469 e. The third-order valence-corrected chi connectivity index (χ3v) is 8.06. The minimum atomic E-state index is -2.19. The van der Waals surface area contributed by atoms with Gasteiger partial charge in [-0.05, 0) is 75.8 Å². The number of aliphatic hydroxyl groups is 2. The van der Waals surface area contributed by atoms with Gasteiger partial charge < -0.3 is 29.2 Å². The molecule has 0 saturated heterocycles. The van der Waals surface area contributed by atoms with Crippen LogP contribution in [0.5, 0.6) is 11.5 Å². The molecular formula is C29H41NO9. The minimum absolute atomic E-state index is 0.123. The summed E-state index contributed by atoms with van der Waals surface area (Å²) >= 11 is 0. The maximum atomic E-state index is 13.5. The lowest BCUT2D eigenvalue weighted by atomic mass is 9.87. The topological polar surface area (TPSA) is 132 Å². The second kappa shape index (κ2) is 11.8. The minimum Gasteiger partial charge on any atom is -0.469 e. The predicted molar refractivity (Wildman–Crippen MR) is 141 cm³/mol. The Hall–Kier alpha value is -2.69. The normalized spacial score (nSPS) is 23.9. The average Bonchev–Trinajstić information content (AvgIpc) is 3.42. The Kier molecular flexibility index (Phi) is 8.88. The lowest BCUT2D eigenvalue weighted by Gasteiger charge is -2.33. The fraction of sp³-hybridized carbons (Fsp3) is 0.690. The van der Waals surface area contributed by atoms with E-state index in [-0.39, 0.29) is 37.9 Å². The summed E-state index contributed by atoms with van der Waals surface area (Å²) in [5.41, 5.74) is -1.31. The molecule has 4 rings (SSSR count). The van der Waals surface area contributed by atoms with E-state index in [1.807, 2.05) is 12.1 Å². The molecule has 3 aliphatic rings. The Morgan fingerprint density at radius 3 is 2.51 bits per heavy atom. The zero-order valence-corrected chi connectivity index (χ0v) is 23.4. The molecule has 10 nitrogen and oxygen atoms in total. The van der Waals surface area contributed by atoms with E-state index in [2.05, 4.69) is 11.8 Å². The summed E-state index contributed by atoms with van der Waals surface area (Å²) in [6.07, 6.45) is 1.64. The molecule has 1 aromatic rings. The summed E-state index contributed by atoms with van der Waals surface area (Å²) in [7, 11) is 1.17. The first kappa shape index (κ1) is 29.3. The van der Waals surface area contributed by atoms with Gasteiger partial charge in [-0.1, -0.05) is 13.3 Å². The third-order valence-electron chi connectivity index (χ3n) is 8.06. The van der Waals surface area contributed by atoms with Gasteiger partial charge in [0.2, 0.25) is 6.79 Å². The molecule has 2 aliphatic heterocycles. The summed E-state index contributed by atoms with van der Waals surface area (Å²) in [6.45, 7) is 7.06. The van der Waals surface area contributed by atoms with E-state index >= 15 is 0 Å². The fourth-order valence-electron chi connectivity index (χ4n) is 5.92. The van der Waals surface area contributed by atoms with Gasteiger partial charge in [-0.25, -0.2) is 4.79 Å². The molecule has 0 aromatic heterocycles. The molecule has 2 N–H and O–H groups in total. The maximum absolute atomic E-state index is 13.5. The van der Waals surface area contributed by atoms with Gasteiger partial charge in [0.1, 0.15) is 0 Å². The Morgan fingerprint density at radius 2 is 1.85 bits per heavy atom. The van der Waals surface area contributed by atoms with Gasteiger partial charge in [0, 0.05) is 24.9 Å². The number of ether oxygens (including phenoxy) is 4. The molecule has 1 aliphatic carbocycles. The van der Waals surface area contributed by atoms with Gasteiger partial charge in [-0.15, -0.1) is 0 Å². The van der Waals surface area contributed by atoms with Crippen LogP contribution in [0.25, 0.3) is 0 Å². The predicted octanol–water partition coefficient (Wildman–Crippen LogP) is 2.65. The standard InChI is InChI=1S/C29H41NO9/c1-5-6-11-30-12-8-18-13-22-23(38-17-37-22)14-19(18)25-20(30)15-21(31)26(25)39-27(33)29(35,16-24(32)36-4)10-7-9-28(2,3)34/h13-14,20,25-26,34-35H,5-12,15-17H2,1-4H3/t20-,25-,26+,29+/m0/s1. The summed E-state index contributed by atoms with van der Waals surface area (Å²) in [5.74, 6) is -1.23. The highest BCUT2D eigenvalue weighted by Gasteiger charge is 2.52. The molecule has 216 valence electrons. The number of Topliss-reactive ketones (excluding diaryl/α,β-unsaturated/α-hetero) is 1. The number of unbranched alkanes of at least 4 members (excludes halogenated alkanes) is 1. The fourth-order valence-corrected chi connectivity index (χ4v) is 5.92. The number of benzene rings is 1. The number of carbonyl (C=O) groups excluding carboxylic acids is 3. The van der Waals surface area contributed by atoms with E-state index < -0.39 is 41.6 Å². The van der Waals surface area contributed by atoms with Crippen molar-refractivity contribution in [2.45, 2.75) is 101 Å². The van der Waals surface area contributed by atoms with Crippen LogP contribution in [-0.4, -0.2) is 83.2 Å². The number of esters is 2. The lowest BCUT2D eigenvalue weighted by Crippen LogP contribution is -2.46. The number of fused-ring (bicyclic) bond motifs is 4. The molecule has 2 heterocycles. The van der Waals surface area contributed by atoms with Gasteiger partial charge in [0.05, 0.1) is 19.1 Å². The zero-order chi connectivity index (χ0) is 28.4. The molecular weight excluding hydrogens is 506 g/mol. The van der Waals surface area contributed by atoms with Crippen LogP contribution in [0.2, 0.25) is 0 Å². The summed E-state index contributed by atoms with van der Waals surface area (Å²) in [5, 5.41) is 21.4. The first-order chi connectivity index (χ1) is 18.5. The van der Waals surface area contributed by atoms with Crippen LogP contribution in [0.15, 0.2) is 12.1 Å². The molecule has 1 fully saturated rings. The van der Waals surface area contributed by atoms with Gasteiger partial charge in [-0.2, -0.15) is 0 Å². The summed E-state index contributed by atoms with van der Waals surface area (Å²) in [6, 6.07) is 3.67. The van der Waals surface area contributed by atoms with Crippen molar-refractivity contribution in [3.8, 4) is 11.5 Å². The van der Waals surface area contributed by atoms with Crippen LogP contribution >= 0.6 is 0 Å². The van der Waals surface area contributed by atoms with Gasteiger partial charge in [0.25, 0.3) is 0 Å². The first-order valence-corrected chi connectivity index (χ1v) is 13.9. The molecule has 1 aromatic carbocycles. The third kappa shape index (κ3) is 6.56. The van der Waals surface area contributed by atoms with Crippen LogP contribution in [0.1, 0.15) is 82.8 Å². The number of methoxy groups -OCH3 is 1. The number of hydrogen-bond acceptors (Lipinski definition) is 10. The second-order valence-electron chi connectivity index (χ2n) is 11.6. The number of ketones is 1. The molecule has 0 unspecified atom stereocenters. The van der Waals surface area contributed by atoms with Crippen LogP contribution in [-0.2, 0) is 30.3 Å². The summed E-state index contributed by atoms with van der Waals surface area (Å²) in [4.78, 5) is 41.4. The van der Waals surface area contributed by atoms with E-state index in [4.69, 9.17) is 18.9 Å². The molecule has 39 heavy (non-hydrogen) atoms. The summed E-state index contributed by atoms with van der Waals surface area (Å²) < 4.78 is 21.8. The van der Waals surface area contributed by atoms with Crippen molar-refractivity contribution in [1.29, 1.82) is 0 Å². The first-order valence-electron chi connectivity index (χ1n) is 13.9. The van der Waals surface area contributed by atoms with Crippen molar-refractivity contribution in [3.63, 3.8) is 0 Å². The van der Waals surface area contributed by atoms with E-state index in [1.165, 1.54) is 7.11 Å². The highest BCUT2D eigenvalue weighted by molar-refractivity contribution is 5.92. The lowest BCUT2D eigenvalue weighted by molar-refractivity contribution is -0.179. The second-order valence-corrected chi connectivity index (χ2v) is 11.6. The van der Waals surface area contributed by atoms with Crippen molar-refractivity contribution in [2.75, 3.05) is 27.0 Å². The van der Waals surface area contributed by atoms with Gasteiger partial charge in [0.15, 0.2) is 29.0 Å². The number of carbonyl (C=O) groups is 3. The van der Waals surface area contributed by atoms with Crippen molar-refractivity contribution in [3.05, 3.63) is 23.3 Å². The van der Waals surface area contributed by atoms with Crippen molar-refractivity contribution in [2.24, 2.45) is 0 Å². The maximum Gasteiger partial charge on any atom is 0.339 e. The molecule has 10 heteroatoms. The average molecular weight is 548 g/mol. The van der Waals surface area contributed by atoms with E-state index in [0.717, 1.165) is 43.5 Å². The van der Waals surface area contributed by atoms with Crippen LogP contribution in [0, 0.1) is 0 Å². The zero-order valence-electron chi connectivity index (χ0n) is 23.4. The monoisotopic (exact) mass is 547 g/mol. The van der Waals surface area contributed by atoms with Gasteiger partial charge in [-0.3, -0.25) is 14.5 Å². The highest BCUT2D eigenvalue weighted by Crippen LogP contribution is 2.46. The number of hydrogen-bond donors (Lipinski definition) is 2. The van der Waals surface area contributed by atoms with Crippen LogP contribution in [0.3, 0.4) is 0 Å².